The van der Waals surface area contributed by atoms with Gasteiger partial charge in [-0.1, -0.05) is 42.8 Å². The highest BCUT2D eigenvalue weighted by molar-refractivity contribution is 5.85. The predicted molar refractivity (Wildman–Crippen MR) is 130 cm³/mol. The Morgan fingerprint density at radius 3 is 2.34 bits per heavy atom. The van der Waals surface area contributed by atoms with Crippen LogP contribution in [0.15, 0.2) is 73.1 Å². The van der Waals surface area contributed by atoms with Crippen LogP contribution in [-0.2, 0) is 13.0 Å². The van der Waals surface area contributed by atoms with Gasteiger partial charge in [-0.25, -0.2) is 0 Å². The Labute approximate surface area is 201 Å². The average molecular weight is 479 g/mol. The third-order valence-electron chi connectivity index (χ3n) is 5.39. The molecule has 0 atom stereocenters. The van der Waals surface area contributed by atoms with E-state index in [1.807, 2.05) is 16.5 Å². The van der Waals surface area contributed by atoms with Crippen LogP contribution < -0.4 is 4.74 Å². The number of alkyl halides is 3. The van der Waals surface area contributed by atoms with Gasteiger partial charge in [0.1, 0.15) is 12.4 Å². The van der Waals surface area contributed by atoms with E-state index >= 15 is 0 Å². The predicted octanol–water partition coefficient (Wildman–Crippen LogP) is 6.96. The van der Waals surface area contributed by atoms with Crippen molar-refractivity contribution in [2.24, 2.45) is 0 Å². The van der Waals surface area contributed by atoms with Crippen molar-refractivity contribution < 1.29 is 17.9 Å². The second-order valence-corrected chi connectivity index (χ2v) is 8.21. The molecule has 0 unspecified atom stereocenters. The van der Waals surface area contributed by atoms with Crippen molar-refractivity contribution in [1.29, 1.82) is 0 Å². The molecular weight excluding hydrogens is 453 g/mol. The fourth-order valence-electron chi connectivity index (χ4n) is 3.61. The van der Waals surface area contributed by atoms with E-state index in [1.54, 1.807) is 6.20 Å². The van der Waals surface area contributed by atoms with E-state index in [9.17, 15) is 13.2 Å². The molecule has 0 amide bonds. The number of pyridine rings is 2. The molecule has 3 aromatic heterocycles. The van der Waals surface area contributed by atoms with Gasteiger partial charge in [0, 0.05) is 24.7 Å². The summed E-state index contributed by atoms with van der Waals surface area (Å²) >= 11 is 0. The summed E-state index contributed by atoms with van der Waals surface area (Å²) < 4.78 is 39.2. The van der Waals surface area contributed by atoms with E-state index in [-0.39, 0.29) is 6.92 Å². The number of hydrogen-bond donors (Lipinski definition) is 0. The second-order valence-electron chi connectivity index (χ2n) is 8.21. The molecule has 2 aromatic carbocycles. The first-order valence-corrected chi connectivity index (χ1v) is 11.2. The Kier molecular flexibility index (Phi) is 7.00. The summed E-state index contributed by atoms with van der Waals surface area (Å²) in [6.45, 7) is 4.75. The lowest BCUT2D eigenvalue weighted by atomic mass is 10.1. The summed E-state index contributed by atoms with van der Waals surface area (Å²) in [6, 6.07) is 20.8. The molecule has 0 radical (unpaired) electrons. The van der Waals surface area contributed by atoms with Gasteiger partial charge >= 0.3 is 6.18 Å². The highest BCUT2D eigenvalue weighted by atomic mass is 19.4. The van der Waals surface area contributed by atoms with Gasteiger partial charge in [0.25, 0.3) is 0 Å². The number of benzene rings is 2. The first kappa shape index (κ1) is 24.2. The van der Waals surface area contributed by atoms with Crippen LogP contribution in [0.2, 0.25) is 0 Å². The molecule has 0 aliphatic rings. The van der Waals surface area contributed by atoms with Gasteiger partial charge < -0.3 is 4.74 Å². The smallest absolute Gasteiger partial charge is 0.386 e. The number of ether oxygens (including phenoxy) is 1. The van der Waals surface area contributed by atoms with Crippen LogP contribution in [-0.4, -0.2) is 25.8 Å². The van der Waals surface area contributed by atoms with Crippen LogP contribution >= 0.6 is 0 Å². The van der Waals surface area contributed by atoms with E-state index in [4.69, 9.17) is 4.74 Å². The van der Waals surface area contributed by atoms with Crippen molar-refractivity contribution in [2.45, 2.75) is 40.0 Å². The maximum Gasteiger partial charge on any atom is 0.386 e. The lowest BCUT2D eigenvalue weighted by Crippen LogP contribution is -2.02. The highest BCUT2D eigenvalue weighted by Gasteiger charge is 2.15. The summed E-state index contributed by atoms with van der Waals surface area (Å²) in [5, 5.41) is 9.63. The summed E-state index contributed by atoms with van der Waals surface area (Å²) in [4.78, 5) is 4.48. The lowest BCUT2D eigenvalue weighted by Gasteiger charge is -2.09. The fraction of sp³-hybridized carbons (Fsp3) is 0.222. The first-order chi connectivity index (χ1) is 16.7. The van der Waals surface area contributed by atoms with Crippen LogP contribution in [0.25, 0.3) is 27.7 Å². The van der Waals surface area contributed by atoms with E-state index in [1.165, 1.54) is 11.1 Å². The quantitative estimate of drug-likeness (QED) is 0.274. The third-order valence-corrected chi connectivity index (χ3v) is 5.39. The molecule has 0 aliphatic carbocycles. The molecule has 0 aliphatic heterocycles. The topological polar surface area (TPSA) is 52.3 Å². The lowest BCUT2D eigenvalue weighted by molar-refractivity contribution is -0.110. The zero-order chi connectivity index (χ0) is 25.0. The summed E-state index contributed by atoms with van der Waals surface area (Å²) in [5.74, 6) is 1.56. The maximum atomic E-state index is 10.4. The van der Waals surface area contributed by atoms with Gasteiger partial charge in [-0.15, -0.1) is 10.2 Å². The maximum absolute atomic E-state index is 10.4. The van der Waals surface area contributed by atoms with Crippen LogP contribution in [0.1, 0.15) is 30.8 Å². The Bertz CT molecular complexity index is 1440. The molecule has 5 rings (SSSR count). The van der Waals surface area contributed by atoms with Gasteiger partial charge in [0.15, 0.2) is 11.5 Å². The molecule has 180 valence electrons. The summed E-state index contributed by atoms with van der Waals surface area (Å²) in [7, 11) is 0. The number of aryl methyl sites for hydroxylation is 2. The van der Waals surface area contributed by atoms with E-state index in [0.717, 1.165) is 45.7 Å². The minimum Gasteiger partial charge on any atom is -0.485 e. The molecule has 0 spiro atoms. The Morgan fingerprint density at radius 1 is 0.914 bits per heavy atom. The van der Waals surface area contributed by atoms with Gasteiger partial charge in [-0.3, -0.25) is 9.38 Å². The molecule has 5 aromatic rings. The van der Waals surface area contributed by atoms with Crippen LogP contribution in [0, 0.1) is 6.92 Å². The van der Waals surface area contributed by atoms with Gasteiger partial charge in [-0.2, -0.15) is 13.2 Å². The minimum absolute atomic E-state index is 0.188. The molecule has 5 nitrogen and oxygen atoms in total. The van der Waals surface area contributed by atoms with Crippen LogP contribution in [0.3, 0.4) is 0 Å². The monoisotopic (exact) mass is 478 g/mol. The summed E-state index contributed by atoms with van der Waals surface area (Å²) in [6.07, 6.45) is 0.836. The van der Waals surface area contributed by atoms with Crippen molar-refractivity contribution in [3.8, 4) is 16.9 Å². The zero-order valence-corrected chi connectivity index (χ0v) is 19.7. The Morgan fingerprint density at radius 2 is 1.63 bits per heavy atom. The van der Waals surface area contributed by atoms with E-state index < -0.39 is 6.18 Å². The minimum atomic E-state index is -4.00. The van der Waals surface area contributed by atoms with Crippen molar-refractivity contribution >= 4 is 16.6 Å². The Balaban J connectivity index is 0.000000527. The standard InChI is InChI=1S/C25H22N4O.C2H3F3/c1-3-18-6-10-21-22(14-18)26-13-12-23(21)30-16-25-28-27-24-11-9-20(15-29(24)25)19-7-4-17(2)5-8-19;1-2(3,4)5/h4-15H,3,16H2,1-2H3;1H3. The molecule has 0 fully saturated rings. The number of hydrogen-bond acceptors (Lipinski definition) is 4. The summed E-state index contributed by atoms with van der Waals surface area (Å²) in [5.41, 5.74) is 6.53. The number of aromatic nitrogens is 4. The molecule has 8 heteroatoms. The number of fused-ring (bicyclic) bond motifs is 2. The van der Waals surface area contributed by atoms with Crippen molar-refractivity contribution in [1.82, 2.24) is 19.6 Å². The van der Waals surface area contributed by atoms with Crippen molar-refractivity contribution in [3.05, 3.63) is 90.0 Å². The van der Waals surface area contributed by atoms with E-state index in [2.05, 4.69) is 83.8 Å². The van der Waals surface area contributed by atoms with Gasteiger partial charge in [-0.05, 0) is 60.4 Å². The SMILES string of the molecule is CC(F)(F)F.CCc1ccc2c(OCc3nnc4ccc(-c5ccc(C)cc5)cn34)ccnc2c1. The Hall–Kier alpha value is -3.94. The highest BCUT2D eigenvalue weighted by Crippen LogP contribution is 2.26. The molecule has 0 bridgehead atoms. The molecular formula is C27H25F3N4O. The second kappa shape index (κ2) is 10.1. The van der Waals surface area contributed by atoms with Crippen molar-refractivity contribution in [2.75, 3.05) is 0 Å². The number of rotatable bonds is 5. The molecule has 35 heavy (non-hydrogen) atoms. The average Bonchev–Trinajstić information content (AvgIpc) is 3.24. The third kappa shape index (κ3) is 6.15. The normalized spacial score (nSPS) is 11.4. The van der Waals surface area contributed by atoms with Crippen LogP contribution in [0.5, 0.6) is 5.75 Å². The van der Waals surface area contributed by atoms with Gasteiger partial charge in [0.05, 0.1) is 5.52 Å². The molecule has 0 N–H and O–H groups in total. The van der Waals surface area contributed by atoms with Crippen molar-refractivity contribution in [3.63, 3.8) is 0 Å². The molecule has 0 saturated carbocycles. The molecule has 0 saturated heterocycles. The van der Waals surface area contributed by atoms with Gasteiger partial charge in [0.2, 0.25) is 0 Å². The fourth-order valence-corrected chi connectivity index (χ4v) is 3.61. The zero-order valence-electron chi connectivity index (χ0n) is 19.7. The number of nitrogens with zero attached hydrogens (tertiary/aromatic N) is 4. The largest absolute Gasteiger partial charge is 0.485 e. The molecule has 3 heterocycles. The number of halogens is 3. The van der Waals surface area contributed by atoms with E-state index in [0.29, 0.717) is 6.61 Å². The first-order valence-electron chi connectivity index (χ1n) is 11.2. The van der Waals surface area contributed by atoms with Crippen LogP contribution in [0.4, 0.5) is 13.2 Å².